The summed E-state index contributed by atoms with van der Waals surface area (Å²) >= 11 is 0. The normalized spacial score (nSPS) is 19.4. The van der Waals surface area contributed by atoms with Gasteiger partial charge in [0.25, 0.3) is 0 Å². The number of ether oxygens (including phenoxy) is 1. The van der Waals surface area contributed by atoms with E-state index >= 15 is 0 Å². The number of aryl methyl sites for hydroxylation is 1. The van der Waals surface area contributed by atoms with E-state index in [1.807, 2.05) is 13.0 Å². The lowest BCUT2D eigenvalue weighted by Crippen LogP contribution is -2.23. The van der Waals surface area contributed by atoms with Crippen LogP contribution in [0.2, 0.25) is 0 Å². The molecule has 2 aromatic rings. The standard InChI is InChI=1S/C15H18N2O3/c1-2-13-16-12-7-3-6-11(15(18)19)14(12)17(13)10-5-4-8-20-9-10/h3,6-7,10H,2,4-5,8-9H2,1H3,(H,18,19). The topological polar surface area (TPSA) is 64.3 Å². The lowest BCUT2D eigenvalue weighted by atomic mass is 10.1. The Morgan fingerprint density at radius 1 is 1.55 bits per heavy atom. The second-order valence-corrected chi connectivity index (χ2v) is 5.10. The molecule has 0 amide bonds. The van der Waals surface area contributed by atoms with Crippen molar-refractivity contribution in [1.29, 1.82) is 0 Å². The van der Waals surface area contributed by atoms with Gasteiger partial charge in [0.05, 0.1) is 29.2 Å². The number of fused-ring (bicyclic) bond motifs is 1. The van der Waals surface area contributed by atoms with Crippen LogP contribution in [0.4, 0.5) is 0 Å². The van der Waals surface area contributed by atoms with Gasteiger partial charge in [-0.3, -0.25) is 0 Å². The average Bonchev–Trinajstić information content (AvgIpc) is 2.86. The molecule has 1 fully saturated rings. The molecule has 0 spiro atoms. The van der Waals surface area contributed by atoms with Crippen LogP contribution in [-0.2, 0) is 11.2 Å². The Morgan fingerprint density at radius 3 is 3.05 bits per heavy atom. The van der Waals surface area contributed by atoms with E-state index in [9.17, 15) is 9.90 Å². The van der Waals surface area contributed by atoms with E-state index in [0.717, 1.165) is 42.7 Å². The van der Waals surface area contributed by atoms with E-state index in [1.54, 1.807) is 12.1 Å². The first-order chi connectivity index (χ1) is 9.72. The second-order valence-electron chi connectivity index (χ2n) is 5.10. The van der Waals surface area contributed by atoms with E-state index in [-0.39, 0.29) is 6.04 Å². The predicted molar refractivity (Wildman–Crippen MR) is 75.2 cm³/mol. The van der Waals surface area contributed by atoms with Gasteiger partial charge in [-0.05, 0) is 25.0 Å². The molecule has 0 saturated carbocycles. The summed E-state index contributed by atoms with van der Waals surface area (Å²) in [6.45, 7) is 3.46. The van der Waals surface area contributed by atoms with Crippen LogP contribution in [0.15, 0.2) is 18.2 Å². The van der Waals surface area contributed by atoms with Crippen LogP contribution in [0.1, 0.15) is 42.0 Å². The minimum atomic E-state index is -0.906. The first-order valence-electron chi connectivity index (χ1n) is 7.03. The van der Waals surface area contributed by atoms with Gasteiger partial charge in [-0.15, -0.1) is 0 Å². The smallest absolute Gasteiger partial charge is 0.337 e. The van der Waals surface area contributed by atoms with Crippen molar-refractivity contribution in [1.82, 2.24) is 9.55 Å². The first-order valence-corrected chi connectivity index (χ1v) is 7.03. The average molecular weight is 274 g/mol. The summed E-state index contributed by atoms with van der Waals surface area (Å²) in [6, 6.07) is 5.46. The Hall–Kier alpha value is -1.88. The number of rotatable bonds is 3. The maximum absolute atomic E-state index is 11.5. The Kier molecular flexibility index (Phi) is 3.44. The summed E-state index contributed by atoms with van der Waals surface area (Å²) in [5.74, 6) is 0.0281. The minimum absolute atomic E-state index is 0.184. The molecule has 5 heteroatoms. The molecule has 1 aliphatic heterocycles. The van der Waals surface area contributed by atoms with Crippen LogP contribution in [0.3, 0.4) is 0 Å². The van der Waals surface area contributed by atoms with Crippen molar-refractivity contribution >= 4 is 17.0 Å². The zero-order valence-electron chi connectivity index (χ0n) is 11.5. The number of carboxylic acid groups (broad SMARTS) is 1. The highest BCUT2D eigenvalue weighted by molar-refractivity contribution is 6.01. The molecule has 106 valence electrons. The van der Waals surface area contributed by atoms with Crippen LogP contribution in [0.25, 0.3) is 11.0 Å². The van der Waals surface area contributed by atoms with Crippen LogP contribution in [0, 0.1) is 0 Å². The zero-order valence-corrected chi connectivity index (χ0v) is 11.5. The fourth-order valence-corrected chi connectivity index (χ4v) is 2.94. The molecule has 1 aromatic heterocycles. The zero-order chi connectivity index (χ0) is 14.1. The SMILES string of the molecule is CCc1nc2cccc(C(=O)O)c2n1C1CCCOC1. The van der Waals surface area contributed by atoms with Crippen molar-refractivity contribution in [2.75, 3.05) is 13.2 Å². The highest BCUT2D eigenvalue weighted by atomic mass is 16.5. The largest absolute Gasteiger partial charge is 0.478 e. The molecule has 2 heterocycles. The number of nitrogens with zero attached hydrogens (tertiary/aromatic N) is 2. The third-order valence-corrected chi connectivity index (χ3v) is 3.83. The van der Waals surface area contributed by atoms with Gasteiger partial charge in [0.15, 0.2) is 0 Å². The number of para-hydroxylation sites is 1. The van der Waals surface area contributed by atoms with Gasteiger partial charge in [-0.2, -0.15) is 0 Å². The highest BCUT2D eigenvalue weighted by Gasteiger charge is 2.24. The van der Waals surface area contributed by atoms with Gasteiger partial charge in [-0.25, -0.2) is 9.78 Å². The minimum Gasteiger partial charge on any atom is -0.478 e. The number of carbonyl (C=O) groups is 1. The van der Waals surface area contributed by atoms with Gasteiger partial charge in [0, 0.05) is 13.0 Å². The highest BCUT2D eigenvalue weighted by Crippen LogP contribution is 2.29. The van der Waals surface area contributed by atoms with E-state index in [4.69, 9.17) is 4.74 Å². The summed E-state index contributed by atoms with van der Waals surface area (Å²) in [6.07, 6.45) is 2.79. The molecule has 1 saturated heterocycles. The first kappa shape index (κ1) is 13.1. The molecule has 0 aliphatic carbocycles. The molecular weight excluding hydrogens is 256 g/mol. The van der Waals surface area contributed by atoms with Crippen molar-refractivity contribution in [3.05, 3.63) is 29.6 Å². The van der Waals surface area contributed by atoms with E-state index < -0.39 is 5.97 Å². The molecular formula is C15H18N2O3. The molecule has 5 nitrogen and oxygen atoms in total. The van der Waals surface area contributed by atoms with Crippen molar-refractivity contribution < 1.29 is 14.6 Å². The number of hydrogen-bond donors (Lipinski definition) is 1. The fourth-order valence-electron chi connectivity index (χ4n) is 2.94. The summed E-state index contributed by atoms with van der Waals surface area (Å²) in [5, 5.41) is 9.42. The summed E-state index contributed by atoms with van der Waals surface area (Å²) in [5.41, 5.74) is 1.81. The summed E-state index contributed by atoms with van der Waals surface area (Å²) in [7, 11) is 0. The Labute approximate surface area is 117 Å². The number of aromatic nitrogens is 2. The number of carboxylic acids is 1. The summed E-state index contributed by atoms with van der Waals surface area (Å²) < 4.78 is 7.64. The number of imidazole rings is 1. The molecule has 0 bridgehead atoms. The molecule has 1 N–H and O–H groups in total. The van der Waals surface area contributed by atoms with Crippen LogP contribution in [0.5, 0.6) is 0 Å². The van der Waals surface area contributed by atoms with Crippen molar-refractivity contribution in [3.8, 4) is 0 Å². The molecule has 1 atom stereocenters. The van der Waals surface area contributed by atoms with E-state index in [2.05, 4.69) is 9.55 Å². The van der Waals surface area contributed by atoms with Gasteiger partial charge >= 0.3 is 5.97 Å². The third kappa shape index (κ3) is 2.08. The fraction of sp³-hybridized carbons (Fsp3) is 0.467. The van der Waals surface area contributed by atoms with Gasteiger partial charge < -0.3 is 14.4 Å². The van der Waals surface area contributed by atoms with Crippen LogP contribution in [-0.4, -0.2) is 33.8 Å². The monoisotopic (exact) mass is 274 g/mol. The summed E-state index contributed by atoms with van der Waals surface area (Å²) in [4.78, 5) is 16.1. The van der Waals surface area contributed by atoms with Crippen LogP contribution >= 0.6 is 0 Å². The van der Waals surface area contributed by atoms with Gasteiger partial charge in [-0.1, -0.05) is 13.0 Å². The molecule has 1 aromatic carbocycles. The van der Waals surface area contributed by atoms with E-state index in [0.29, 0.717) is 12.2 Å². The second kappa shape index (κ2) is 5.25. The quantitative estimate of drug-likeness (QED) is 0.934. The lowest BCUT2D eigenvalue weighted by molar-refractivity contribution is 0.0592. The lowest BCUT2D eigenvalue weighted by Gasteiger charge is -2.26. The number of benzene rings is 1. The maximum atomic E-state index is 11.5. The molecule has 1 unspecified atom stereocenters. The van der Waals surface area contributed by atoms with Crippen LogP contribution < -0.4 is 0 Å². The third-order valence-electron chi connectivity index (χ3n) is 3.83. The number of hydrogen-bond acceptors (Lipinski definition) is 3. The molecule has 3 rings (SSSR count). The van der Waals surface area contributed by atoms with Gasteiger partial charge in [0.2, 0.25) is 0 Å². The van der Waals surface area contributed by atoms with Crippen molar-refractivity contribution in [2.24, 2.45) is 0 Å². The molecule has 20 heavy (non-hydrogen) atoms. The van der Waals surface area contributed by atoms with Gasteiger partial charge in [0.1, 0.15) is 5.82 Å². The molecule has 0 radical (unpaired) electrons. The molecule has 1 aliphatic rings. The van der Waals surface area contributed by atoms with Crippen molar-refractivity contribution in [2.45, 2.75) is 32.2 Å². The number of aromatic carboxylic acids is 1. The Bertz CT molecular complexity index is 642. The van der Waals surface area contributed by atoms with E-state index in [1.165, 1.54) is 0 Å². The Morgan fingerprint density at radius 2 is 2.40 bits per heavy atom. The maximum Gasteiger partial charge on any atom is 0.337 e. The Balaban J connectivity index is 2.23. The predicted octanol–water partition coefficient (Wildman–Crippen LogP) is 2.65. The van der Waals surface area contributed by atoms with Crippen molar-refractivity contribution in [3.63, 3.8) is 0 Å².